The third kappa shape index (κ3) is 4.69. The highest BCUT2D eigenvalue weighted by molar-refractivity contribution is 5.97. The molecule has 7 nitrogen and oxygen atoms in total. The molecule has 1 aliphatic rings. The van der Waals surface area contributed by atoms with E-state index in [1.54, 1.807) is 36.3 Å². The molecule has 3 rings (SSSR count). The lowest BCUT2D eigenvalue weighted by atomic mass is 10.2. The first kappa shape index (κ1) is 18.6. The molecule has 0 bridgehead atoms. The van der Waals surface area contributed by atoms with E-state index in [2.05, 4.69) is 10.6 Å². The lowest BCUT2D eigenvalue weighted by Gasteiger charge is -2.18. The number of hydrogen-bond donors (Lipinski definition) is 2. The normalized spacial score (nSPS) is 16.1. The van der Waals surface area contributed by atoms with Gasteiger partial charge in [-0.15, -0.1) is 0 Å². The highest BCUT2D eigenvalue weighted by atomic mass is 16.5. The second kappa shape index (κ2) is 8.44. The summed E-state index contributed by atoms with van der Waals surface area (Å²) < 4.78 is 10.6. The number of amides is 3. The Bertz CT molecular complexity index is 807. The van der Waals surface area contributed by atoms with Crippen molar-refractivity contribution in [3.63, 3.8) is 0 Å². The summed E-state index contributed by atoms with van der Waals surface area (Å²) >= 11 is 0. The maximum absolute atomic E-state index is 12.3. The van der Waals surface area contributed by atoms with E-state index in [0.29, 0.717) is 24.6 Å². The summed E-state index contributed by atoms with van der Waals surface area (Å²) in [6, 6.07) is 13.9. The molecule has 0 radical (unpaired) electrons. The van der Waals surface area contributed by atoms with Crippen molar-refractivity contribution in [2.45, 2.75) is 19.4 Å². The van der Waals surface area contributed by atoms with Gasteiger partial charge in [0.1, 0.15) is 11.5 Å². The van der Waals surface area contributed by atoms with E-state index in [9.17, 15) is 9.59 Å². The van der Waals surface area contributed by atoms with E-state index in [0.717, 1.165) is 11.4 Å². The minimum atomic E-state index is -0.352. The van der Waals surface area contributed by atoms with Crippen LogP contribution in [0.15, 0.2) is 48.5 Å². The van der Waals surface area contributed by atoms with Gasteiger partial charge >= 0.3 is 6.03 Å². The van der Waals surface area contributed by atoms with Crippen LogP contribution in [0, 0.1) is 0 Å². The molecular formula is C20H23N3O4. The summed E-state index contributed by atoms with van der Waals surface area (Å²) in [5, 5.41) is 5.61. The Morgan fingerprint density at radius 2 is 1.96 bits per heavy atom. The van der Waals surface area contributed by atoms with E-state index >= 15 is 0 Å². The van der Waals surface area contributed by atoms with Crippen molar-refractivity contribution >= 4 is 23.3 Å². The van der Waals surface area contributed by atoms with Crippen molar-refractivity contribution in [1.82, 2.24) is 5.32 Å². The molecule has 1 aliphatic heterocycles. The molecule has 2 aromatic rings. The van der Waals surface area contributed by atoms with Gasteiger partial charge in [-0.25, -0.2) is 4.79 Å². The van der Waals surface area contributed by atoms with Gasteiger partial charge in [-0.05, 0) is 43.3 Å². The molecular weight excluding hydrogens is 346 g/mol. The smallest absolute Gasteiger partial charge is 0.319 e. The van der Waals surface area contributed by atoms with Gasteiger partial charge in [-0.3, -0.25) is 4.79 Å². The van der Waals surface area contributed by atoms with E-state index in [1.165, 1.54) is 0 Å². The Kier molecular flexibility index (Phi) is 5.80. The fraction of sp³-hybridized carbons (Fsp3) is 0.300. The molecule has 1 saturated heterocycles. The third-order valence-corrected chi connectivity index (χ3v) is 4.25. The van der Waals surface area contributed by atoms with Crippen LogP contribution in [0.1, 0.15) is 13.3 Å². The molecule has 1 heterocycles. The molecule has 0 unspecified atom stereocenters. The summed E-state index contributed by atoms with van der Waals surface area (Å²) in [6.45, 7) is 2.94. The SMILES string of the molecule is CCOc1ccc(N2C[C@H](NC(=O)Nc3cccc(OC)c3)CC2=O)cc1. The van der Waals surface area contributed by atoms with Crippen LogP contribution < -0.4 is 25.0 Å². The van der Waals surface area contributed by atoms with Crippen molar-refractivity contribution in [1.29, 1.82) is 0 Å². The van der Waals surface area contributed by atoms with E-state index in [4.69, 9.17) is 9.47 Å². The van der Waals surface area contributed by atoms with Crippen LogP contribution in [0.25, 0.3) is 0 Å². The molecule has 3 amide bonds. The predicted octanol–water partition coefficient (Wildman–Crippen LogP) is 3.02. The molecule has 27 heavy (non-hydrogen) atoms. The molecule has 0 aliphatic carbocycles. The van der Waals surface area contributed by atoms with Gasteiger partial charge in [-0.1, -0.05) is 6.07 Å². The molecule has 2 aromatic carbocycles. The Labute approximate surface area is 158 Å². The molecule has 7 heteroatoms. The molecule has 0 aromatic heterocycles. The summed E-state index contributed by atoms with van der Waals surface area (Å²) in [6.07, 6.45) is 0.263. The number of benzene rings is 2. The first-order chi connectivity index (χ1) is 13.1. The number of carbonyl (C=O) groups excluding carboxylic acids is 2. The fourth-order valence-electron chi connectivity index (χ4n) is 3.00. The van der Waals surface area contributed by atoms with E-state index in [-0.39, 0.29) is 24.4 Å². The quantitative estimate of drug-likeness (QED) is 0.820. The van der Waals surface area contributed by atoms with Crippen LogP contribution in [0.5, 0.6) is 11.5 Å². The highest BCUT2D eigenvalue weighted by Gasteiger charge is 2.31. The van der Waals surface area contributed by atoms with Crippen LogP contribution in [0.3, 0.4) is 0 Å². The summed E-state index contributed by atoms with van der Waals surface area (Å²) in [7, 11) is 1.57. The van der Waals surface area contributed by atoms with Gasteiger partial charge in [0, 0.05) is 30.4 Å². The van der Waals surface area contributed by atoms with Crippen molar-refractivity contribution in [2.24, 2.45) is 0 Å². The van der Waals surface area contributed by atoms with Crippen LogP contribution in [-0.2, 0) is 4.79 Å². The van der Waals surface area contributed by atoms with Crippen LogP contribution in [0.2, 0.25) is 0 Å². The Balaban J connectivity index is 1.57. The number of nitrogens with zero attached hydrogens (tertiary/aromatic N) is 1. The number of rotatable bonds is 6. The van der Waals surface area contributed by atoms with Crippen molar-refractivity contribution < 1.29 is 19.1 Å². The van der Waals surface area contributed by atoms with Gasteiger partial charge in [-0.2, -0.15) is 0 Å². The molecule has 0 saturated carbocycles. The number of ether oxygens (including phenoxy) is 2. The lowest BCUT2D eigenvalue weighted by molar-refractivity contribution is -0.117. The zero-order valence-corrected chi connectivity index (χ0v) is 15.4. The lowest BCUT2D eigenvalue weighted by Crippen LogP contribution is -2.39. The van der Waals surface area contributed by atoms with E-state index < -0.39 is 0 Å². The number of carbonyl (C=O) groups is 2. The molecule has 1 atom stereocenters. The zero-order valence-electron chi connectivity index (χ0n) is 15.4. The van der Waals surface area contributed by atoms with Gasteiger partial charge < -0.3 is 25.0 Å². The average Bonchev–Trinajstić information content (AvgIpc) is 3.02. The third-order valence-electron chi connectivity index (χ3n) is 4.25. The number of hydrogen-bond acceptors (Lipinski definition) is 4. The second-order valence-electron chi connectivity index (χ2n) is 6.16. The van der Waals surface area contributed by atoms with E-state index in [1.807, 2.05) is 31.2 Å². The Hall–Kier alpha value is -3.22. The molecule has 0 spiro atoms. The topological polar surface area (TPSA) is 79.9 Å². The van der Waals surface area contributed by atoms with Crippen LogP contribution >= 0.6 is 0 Å². The predicted molar refractivity (Wildman–Crippen MR) is 104 cm³/mol. The van der Waals surface area contributed by atoms with Crippen molar-refractivity contribution in [3.05, 3.63) is 48.5 Å². The number of methoxy groups -OCH3 is 1. The monoisotopic (exact) mass is 369 g/mol. The summed E-state index contributed by atoms with van der Waals surface area (Å²) in [5.74, 6) is 1.40. The van der Waals surface area contributed by atoms with Crippen molar-refractivity contribution in [3.8, 4) is 11.5 Å². The number of urea groups is 1. The van der Waals surface area contributed by atoms with Gasteiger partial charge in [0.05, 0.1) is 19.8 Å². The van der Waals surface area contributed by atoms with Gasteiger partial charge in [0.25, 0.3) is 0 Å². The zero-order chi connectivity index (χ0) is 19.2. The van der Waals surface area contributed by atoms with Gasteiger partial charge in [0.2, 0.25) is 5.91 Å². The maximum atomic E-state index is 12.3. The summed E-state index contributed by atoms with van der Waals surface area (Å²) in [4.78, 5) is 26.2. The van der Waals surface area contributed by atoms with Gasteiger partial charge in [0.15, 0.2) is 0 Å². The van der Waals surface area contributed by atoms with Crippen LogP contribution in [-0.4, -0.2) is 38.2 Å². The first-order valence-corrected chi connectivity index (χ1v) is 8.84. The maximum Gasteiger partial charge on any atom is 0.319 e. The second-order valence-corrected chi connectivity index (χ2v) is 6.16. The average molecular weight is 369 g/mol. The number of anilines is 2. The standard InChI is InChI=1S/C20H23N3O4/c1-3-27-17-9-7-16(8-10-17)23-13-15(12-19(23)24)22-20(25)21-14-5-4-6-18(11-14)26-2/h4-11,15H,3,12-13H2,1-2H3,(H2,21,22,25)/t15-/m1/s1. The van der Waals surface area contributed by atoms with Crippen molar-refractivity contribution in [2.75, 3.05) is 30.5 Å². The number of nitrogens with one attached hydrogen (secondary N) is 2. The molecule has 1 fully saturated rings. The first-order valence-electron chi connectivity index (χ1n) is 8.84. The van der Waals surface area contributed by atoms with Crippen LogP contribution in [0.4, 0.5) is 16.2 Å². The Morgan fingerprint density at radius 3 is 2.67 bits per heavy atom. The minimum Gasteiger partial charge on any atom is -0.497 e. The summed E-state index contributed by atoms with van der Waals surface area (Å²) in [5.41, 5.74) is 1.42. The highest BCUT2D eigenvalue weighted by Crippen LogP contribution is 2.24. The fourth-order valence-corrected chi connectivity index (χ4v) is 3.00. The molecule has 142 valence electrons. The Morgan fingerprint density at radius 1 is 1.19 bits per heavy atom. The molecule has 2 N–H and O–H groups in total. The minimum absolute atomic E-state index is 0.0224. The largest absolute Gasteiger partial charge is 0.497 e.